The molecule has 4 aromatic carbocycles. The van der Waals surface area contributed by atoms with Crippen molar-refractivity contribution in [3.05, 3.63) is 82.2 Å². The van der Waals surface area contributed by atoms with E-state index in [0.29, 0.717) is 52.9 Å². The molecule has 6 nitrogen and oxygen atoms in total. The van der Waals surface area contributed by atoms with Crippen molar-refractivity contribution in [2.75, 3.05) is 67.1 Å². The normalized spacial score (nSPS) is 12.3. The van der Waals surface area contributed by atoms with Crippen LogP contribution in [0.2, 0.25) is 0 Å². The van der Waals surface area contributed by atoms with Crippen LogP contribution >= 0.6 is 11.3 Å². The lowest BCUT2D eigenvalue weighted by atomic mass is 9.84. The molecule has 0 spiro atoms. The summed E-state index contributed by atoms with van der Waals surface area (Å²) in [5, 5.41) is 4.51. The van der Waals surface area contributed by atoms with Gasteiger partial charge in [0.2, 0.25) is 0 Å². The largest absolute Gasteiger partial charge is 0.491 e. The molecule has 0 saturated carbocycles. The van der Waals surface area contributed by atoms with E-state index in [2.05, 4.69) is 116 Å². The van der Waals surface area contributed by atoms with E-state index >= 15 is 0 Å². The number of ether oxygens (including phenoxy) is 6. The topological polar surface area (TPSA) is 55.4 Å². The molecule has 0 aliphatic carbocycles. The van der Waals surface area contributed by atoms with E-state index in [1.54, 1.807) is 14.2 Å². The van der Waals surface area contributed by atoms with Crippen LogP contribution in [0.3, 0.4) is 0 Å². The molecule has 0 bridgehead atoms. The summed E-state index contributed by atoms with van der Waals surface area (Å²) in [5.74, 6) is 1.58. The summed E-state index contributed by atoms with van der Waals surface area (Å²) in [4.78, 5) is 2.76. The standard InChI is InChI=1S/C44H56O6S/c1-29-30(2)42(44(6,7)8)51-41(29)33-11-15-35-31(27-33)12-17-37(49-25-23-47-21-19-45-9)39(35)40-36-16-14-34(43(3,4)5)28-32(36)13-18-38(40)50-26-24-48-22-20-46-10/h11-18,27-28H,19-26H2,1-10H3. The van der Waals surface area contributed by atoms with Gasteiger partial charge in [-0.2, -0.15) is 0 Å². The summed E-state index contributed by atoms with van der Waals surface area (Å²) in [5.41, 5.74) is 7.38. The number of hydrogen-bond donors (Lipinski definition) is 0. The fourth-order valence-corrected chi connectivity index (χ4v) is 7.85. The van der Waals surface area contributed by atoms with Gasteiger partial charge in [0.1, 0.15) is 24.7 Å². The molecule has 1 aromatic heterocycles. The summed E-state index contributed by atoms with van der Waals surface area (Å²) in [6.45, 7) is 22.0. The molecule has 0 radical (unpaired) electrons. The van der Waals surface area contributed by atoms with E-state index in [0.717, 1.165) is 44.2 Å². The van der Waals surface area contributed by atoms with Crippen LogP contribution in [-0.4, -0.2) is 67.1 Å². The minimum Gasteiger partial charge on any atom is -0.491 e. The molecule has 0 atom stereocenters. The predicted molar refractivity (Wildman–Crippen MR) is 213 cm³/mol. The maximum absolute atomic E-state index is 6.56. The number of thiophene rings is 1. The van der Waals surface area contributed by atoms with Crippen molar-refractivity contribution >= 4 is 32.9 Å². The Labute approximate surface area is 309 Å². The van der Waals surface area contributed by atoms with E-state index in [4.69, 9.17) is 28.4 Å². The minimum atomic E-state index is 0.0150. The summed E-state index contributed by atoms with van der Waals surface area (Å²) < 4.78 is 35.0. The zero-order valence-corrected chi connectivity index (χ0v) is 33.1. The molecule has 51 heavy (non-hydrogen) atoms. The lowest BCUT2D eigenvalue weighted by Gasteiger charge is -2.22. The van der Waals surface area contributed by atoms with Gasteiger partial charge in [0.15, 0.2) is 0 Å². The Morgan fingerprint density at radius 3 is 1.53 bits per heavy atom. The van der Waals surface area contributed by atoms with Crippen LogP contribution in [-0.2, 0) is 29.8 Å². The molecule has 0 amide bonds. The van der Waals surface area contributed by atoms with Gasteiger partial charge in [-0.3, -0.25) is 0 Å². The lowest BCUT2D eigenvalue weighted by Crippen LogP contribution is -2.12. The van der Waals surface area contributed by atoms with Gasteiger partial charge in [-0.25, -0.2) is 0 Å². The highest BCUT2D eigenvalue weighted by Crippen LogP contribution is 2.48. The molecule has 5 aromatic rings. The summed E-state index contributed by atoms with van der Waals surface area (Å²) >= 11 is 1.91. The Morgan fingerprint density at radius 1 is 0.529 bits per heavy atom. The van der Waals surface area contributed by atoms with Crippen molar-refractivity contribution in [3.8, 4) is 33.1 Å². The Bertz CT molecular complexity index is 1930. The number of benzene rings is 4. The number of methoxy groups -OCH3 is 2. The number of hydrogen-bond acceptors (Lipinski definition) is 7. The monoisotopic (exact) mass is 712 g/mol. The quantitative estimate of drug-likeness (QED) is 0.0950. The summed E-state index contributed by atoms with van der Waals surface area (Å²) in [7, 11) is 3.35. The highest BCUT2D eigenvalue weighted by molar-refractivity contribution is 7.16. The fraction of sp³-hybridized carbons (Fsp3) is 0.455. The SMILES string of the molecule is COCCOCCOc1ccc2cc(-c3sc(C(C)(C)C)c(C)c3C)ccc2c1-c1c(OCCOCCOC)ccc2cc(C(C)(C)C)ccc12. The lowest BCUT2D eigenvalue weighted by molar-refractivity contribution is 0.0542. The van der Waals surface area contributed by atoms with Crippen LogP contribution in [0.4, 0.5) is 0 Å². The van der Waals surface area contributed by atoms with Crippen LogP contribution in [0, 0.1) is 13.8 Å². The number of fused-ring (bicyclic) bond motifs is 2. The van der Waals surface area contributed by atoms with Crippen molar-refractivity contribution in [1.82, 2.24) is 0 Å². The van der Waals surface area contributed by atoms with Gasteiger partial charge in [0, 0.05) is 35.1 Å². The zero-order chi connectivity index (χ0) is 36.8. The van der Waals surface area contributed by atoms with Gasteiger partial charge in [-0.1, -0.05) is 84.0 Å². The first kappa shape index (κ1) is 38.8. The van der Waals surface area contributed by atoms with E-state index in [-0.39, 0.29) is 10.8 Å². The molecule has 5 rings (SSSR count). The molecule has 7 heteroatoms. The fourth-order valence-electron chi connectivity index (χ4n) is 6.48. The molecular weight excluding hydrogens is 657 g/mol. The minimum absolute atomic E-state index is 0.0150. The second kappa shape index (κ2) is 16.9. The molecule has 0 fully saturated rings. The van der Waals surface area contributed by atoms with Crippen LogP contribution in [0.5, 0.6) is 11.5 Å². The van der Waals surface area contributed by atoms with E-state index < -0.39 is 0 Å². The Hall–Kier alpha value is -3.46. The molecule has 0 aliphatic rings. The third-order valence-corrected chi connectivity index (χ3v) is 11.2. The maximum Gasteiger partial charge on any atom is 0.128 e. The zero-order valence-electron chi connectivity index (χ0n) is 32.3. The first-order valence-corrected chi connectivity index (χ1v) is 18.8. The second-order valence-corrected chi connectivity index (χ2v) is 16.2. The van der Waals surface area contributed by atoms with Gasteiger partial charge < -0.3 is 28.4 Å². The van der Waals surface area contributed by atoms with Crippen molar-refractivity contribution in [2.45, 2.75) is 66.2 Å². The smallest absolute Gasteiger partial charge is 0.128 e. The average Bonchev–Trinajstić information content (AvgIpc) is 3.40. The molecule has 0 saturated heterocycles. The molecule has 274 valence electrons. The van der Waals surface area contributed by atoms with E-state index in [1.807, 2.05) is 11.3 Å². The first-order chi connectivity index (χ1) is 24.3. The van der Waals surface area contributed by atoms with Crippen LogP contribution < -0.4 is 9.47 Å². The predicted octanol–water partition coefficient (Wildman–Crippen LogP) is 10.7. The van der Waals surface area contributed by atoms with Gasteiger partial charge in [0.25, 0.3) is 0 Å². The third kappa shape index (κ3) is 9.13. The molecule has 0 N–H and O–H groups in total. The summed E-state index contributed by atoms with van der Waals surface area (Å²) in [6.07, 6.45) is 0. The highest BCUT2D eigenvalue weighted by Gasteiger charge is 2.25. The molecule has 1 heterocycles. The van der Waals surface area contributed by atoms with Crippen molar-refractivity contribution < 1.29 is 28.4 Å². The van der Waals surface area contributed by atoms with Gasteiger partial charge in [0.05, 0.1) is 39.6 Å². The van der Waals surface area contributed by atoms with Crippen molar-refractivity contribution in [3.63, 3.8) is 0 Å². The van der Waals surface area contributed by atoms with Crippen molar-refractivity contribution in [1.29, 1.82) is 0 Å². The molecule has 0 unspecified atom stereocenters. The third-order valence-electron chi connectivity index (χ3n) is 9.30. The van der Waals surface area contributed by atoms with E-state index in [9.17, 15) is 0 Å². The maximum atomic E-state index is 6.56. The Balaban J connectivity index is 1.68. The Morgan fingerprint density at radius 2 is 1.04 bits per heavy atom. The number of rotatable bonds is 16. The molecule has 0 aliphatic heterocycles. The van der Waals surface area contributed by atoms with E-state index in [1.165, 1.54) is 32.0 Å². The Kier molecular flexibility index (Phi) is 12.9. The van der Waals surface area contributed by atoms with Crippen molar-refractivity contribution in [2.24, 2.45) is 0 Å². The average molecular weight is 713 g/mol. The van der Waals surface area contributed by atoms with Crippen LogP contribution in [0.25, 0.3) is 43.1 Å². The second-order valence-electron chi connectivity index (χ2n) is 15.2. The van der Waals surface area contributed by atoms with Crippen LogP contribution in [0.15, 0.2) is 60.7 Å². The van der Waals surface area contributed by atoms with Crippen LogP contribution in [0.1, 0.15) is 63.1 Å². The summed E-state index contributed by atoms with van der Waals surface area (Å²) in [6, 6.07) is 22.2. The van der Waals surface area contributed by atoms with Gasteiger partial charge in [-0.15, -0.1) is 11.3 Å². The highest BCUT2D eigenvalue weighted by atomic mass is 32.1. The molecular formula is C44H56O6S. The van der Waals surface area contributed by atoms with Gasteiger partial charge in [-0.05, 0) is 86.7 Å². The first-order valence-electron chi connectivity index (χ1n) is 18.0. The van der Waals surface area contributed by atoms with Gasteiger partial charge >= 0.3 is 0 Å².